The van der Waals surface area contributed by atoms with Crippen molar-refractivity contribution in [2.75, 3.05) is 39.3 Å². The normalized spacial score (nSPS) is 14.5. The number of benzene rings is 2. The molecule has 6 heteroatoms. The minimum Gasteiger partial charge on any atom is -0.492 e. The van der Waals surface area contributed by atoms with Crippen molar-refractivity contribution in [3.63, 3.8) is 0 Å². The van der Waals surface area contributed by atoms with Crippen LogP contribution in [0.4, 0.5) is 0 Å². The highest BCUT2D eigenvalue weighted by molar-refractivity contribution is 5.97. The fourth-order valence-electron chi connectivity index (χ4n) is 4.38. The molecular weight excluding hydrogens is 426 g/mol. The Morgan fingerprint density at radius 2 is 1.62 bits per heavy atom. The number of hydrogen-bond donors (Lipinski definition) is 1. The molecule has 6 nitrogen and oxygen atoms in total. The van der Waals surface area contributed by atoms with Crippen molar-refractivity contribution in [1.29, 1.82) is 0 Å². The van der Waals surface area contributed by atoms with E-state index < -0.39 is 6.04 Å². The number of likely N-dealkylation sites (tertiary alicyclic amines) is 1. The second-order valence-electron chi connectivity index (χ2n) is 8.96. The lowest BCUT2D eigenvalue weighted by Gasteiger charge is -2.27. The Bertz CT molecular complexity index is 874. The van der Waals surface area contributed by atoms with Gasteiger partial charge in [-0.3, -0.25) is 14.5 Å². The van der Waals surface area contributed by atoms with Gasteiger partial charge >= 0.3 is 0 Å². The van der Waals surface area contributed by atoms with Crippen LogP contribution in [0.5, 0.6) is 5.75 Å². The van der Waals surface area contributed by atoms with Gasteiger partial charge < -0.3 is 15.0 Å². The molecule has 2 amide bonds. The Morgan fingerprint density at radius 3 is 2.24 bits per heavy atom. The molecule has 1 aliphatic heterocycles. The van der Waals surface area contributed by atoms with Crippen LogP contribution in [-0.2, 0) is 11.2 Å². The molecule has 0 unspecified atom stereocenters. The van der Waals surface area contributed by atoms with Crippen LogP contribution in [-0.4, -0.2) is 67.0 Å². The number of ether oxygens (including phenoxy) is 1. The van der Waals surface area contributed by atoms with E-state index in [-0.39, 0.29) is 11.8 Å². The van der Waals surface area contributed by atoms with E-state index in [1.165, 1.54) is 25.9 Å². The van der Waals surface area contributed by atoms with Crippen LogP contribution >= 0.6 is 0 Å². The average Bonchev–Trinajstić information content (AvgIpc) is 3.38. The molecule has 2 aromatic rings. The van der Waals surface area contributed by atoms with Gasteiger partial charge in [0, 0.05) is 31.6 Å². The summed E-state index contributed by atoms with van der Waals surface area (Å²) in [6.45, 7) is 9.47. The van der Waals surface area contributed by atoms with Crippen LogP contribution in [0.3, 0.4) is 0 Å². The zero-order valence-electron chi connectivity index (χ0n) is 20.7. The van der Waals surface area contributed by atoms with Gasteiger partial charge in [0.15, 0.2) is 0 Å². The summed E-state index contributed by atoms with van der Waals surface area (Å²) in [6.07, 6.45) is 4.77. The van der Waals surface area contributed by atoms with Crippen LogP contribution in [0.15, 0.2) is 54.6 Å². The maximum Gasteiger partial charge on any atom is 0.251 e. The molecule has 0 aromatic heterocycles. The van der Waals surface area contributed by atoms with Crippen LogP contribution in [0.2, 0.25) is 0 Å². The zero-order chi connectivity index (χ0) is 24.2. The number of hydrogen-bond acceptors (Lipinski definition) is 4. The Morgan fingerprint density at radius 1 is 0.971 bits per heavy atom. The first kappa shape index (κ1) is 25.8. The van der Waals surface area contributed by atoms with Crippen molar-refractivity contribution in [1.82, 2.24) is 15.1 Å². The monoisotopic (exact) mass is 465 g/mol. The van der Waals surface area contributed by atoms with Gasteiger partial charge in [-0.25, -0.2) is 0 Å². The minimum atomic E-state index is -0.618. The second kappa shape index (κ2) is 13.8. The Labute approximate surface area is 204 Å². The van der Waals surface area contributed by atoms with Crippen molar-refractivity contribution in [3.05, 3.63) is 65.7 Å². The van der Waals surface area contributed by atoms with Crippen LogP contribution < -0.4 is 10.1 Å². The van der Waals surface area contributed by atoms with Gasteiger partial charge in [-0.05, 0) is 68.6 Å². The molecule has 1 saturated heterocycles. The molecule has 1 aliphatic rings. The fourth-order valence-corrected chi connectivity index (χ4v) is 4.38. The SMILES string of the molecule is CCCN(CCC)C(=O)[C@@H](Cc1ccc(OCCN2CCCC2)cc1)NC(=O)c1ccccc1. The van der Waals surface area contributed by atoms with Gasteiger partial charge in [-0.1, -0.05) is 44.2 Å². The smallest absolute Gasteiger partial charge is 0.251 e. The lowest BCUT2D eigenvalue weighted by atomic mass is 10.0. The molecule has 0 aliphatic carbocycles. The van der Waals surface area contributed by atoms with E-state index in [1.54, 1.807) is 12.1 Å². The molecule has 0 spiro atoms. The average molecular weight is 466 g/mol. The summed E-state index contributed by atoms with van der Waals surface area (Å²) < 4.78 is 5.91. The van der Waals surface area contributed by atoms with E-state index in [0.717, 1.165) is 30.7 Å². The van der Waals surface area contributed by atoms with Crippen molar-refractivity contribution >= 4 is 11.8 Å². The van der Waals surface area contributed by atoms with Gasteiger partial charge in [-0.2, -0.15) is 0 Å². The van der Waals surface area contributed by atoms with Gasteiger partial charge in [0.1, 0.15) is 18.4 Å². The number of nitrogens with zero attached hydrogens (tertiary/aromatic N) is 2. The molecule has 0 bridgehead atoms. The molecule has 1 N–H and O–H groups in total. The molecular formula is C28H39N3O3. The summed E-state index contributed by atoms with van der Waals surface area (Å²) >= 11 is 0. The number of amides is 2. The highest BCUT2D eigenvalue weighted by atomic mass is 16.5. The minimum absolute atomic E-state index is 0.0288. The van der Waals surface area contributed by atoms with E-state index >= 15 is 0 Å². The van der Waals surface area contributed by atoms with Crippen LogP contribution in [0.1, 0.15) is 55.5 Å². The van der Waals surface area contributed by atoms with Crippen molar-refractivity contribution < 1.29 is 14.3 Å². The third kappa shape index (κ3) is 7.87. The van der Waals surface area contributed by atoms with E-state index in [0.29, 0.717) is 31.7 Å². The molecule has 34 heavy (non-hydrogen) atoms. The number of carbonyl (C=O) groups excluding carboxylic acids is 2. The predicted molar refractivity (Wildman–Crippen MR) is 136 cm³/mol. The lowest BCUT2D eigenvalue weighted by molar-refractivity contribution is -0.133. The van der Waals surface area contributed by atoms with Crippen molar-refractivity contribution in [3.8, 4) is 5.75 Å². The molecule has 1 atom stereocenters. The van der Waals surface area contributed by atoms with Crippen molar-refractivity contribution in [2.24, 2.45) is 0 Å². The number of nitrogens with one attached hydrogen (secondary N) is 1. The molecule has 1 fully saturated rings. The predicted octanol–water partition coefficient (Wildman–Crippen LogP) is 4.15. The highest BCUT2D eigenvalue weighted by Crippen LogP contribution is 2.16. The van der Waals surface area contributed by atoms with E-state index in [9.17, 15) is 9.59 Å². The van der Waals surface area contributed by atoms with Gasteiger partial charge in [0.25, 0.3) is 5.91 Å². The van der Waals surface area contributed by atoms with E-state index in [1.807, 2.05) is 47.4 Å². The van der Waals surface area contributed by atoms with E-state index in [4.69, 9.17) is 4.74 Å². The van der Waals surface area contributed by atoms with Gasteiger partial charge in [0.2, 0.25) is 5.91 Å². The summed E-state index contributed by atoms with van der Waals surface area (Å²) in [5.74, 6) is 0.574. The molecule has 0 saturated carbocycles. The maximum absolute atomic E-state index is 13.4. The summed E-state index contributed by atoms with van der Waals surface area (Å²) in [5, 5.41) is 2.99. The first-order valence-corrected chi connectivity index (χ1v) is 12.7. The molecule has 184 valence electrons. The molecule has 2 aromatic carbocycles. The van der Waals surface area contributed by atoms with Gasteiger partial charge in [0.05, 0.1) is 0 Å². The fraction of sp³-hybridized carbons (Fsp3) is 0.500. The number of rotatable bonds is 13. The maximum atomic E-state index is 13.4. The second-order valence-corrected chi connectivity index (χ2v) is 8.96. The standard InChI is InChI=1S/C28H39N3O3/c1-3-16-31(17-4-2)28(33)26(29-27(32)24-10-6-5-7-11-24)22-23-12-14-25(15-13-23)34-21-20-30-18-8-9-19-30/h5-7,10-15,26H,3-4,8-9,16-22H2,1-2H3,(H,29,32)/t26-/m1/s1. The summed E-state index contributed by atoms with van der Waals surface area (Å²) in [4.78, 5) is 30.6. The third-order valence-corrected chi connectivity index (χ3v) is 6.18. The Kier molecular flexibility index (Phi) is 10.4. The third-order valence-electron chi connectivity index (χ3n) is 6.18. The Hall–Kier alpha value is -2.86. The number of carbonyl (C=O) groups is 2. The largest absolute Gasteiger partial charge is 0.492 e. The van der Waals surface area contributed by atoms with E-state index in [2.05, 4.69) is 24.1 Å². The molecule has 0 radical (unpaired) electrons. The molecule has 3 rings (SSSR count). The topological polar surface area (TPSA) is 61.9 Å². The van der Waals surface area contributed by atoms with Crippen LogP contribution in [0.25, 0.3) is 0 Å². The summed E-state index contributed by atoms with van der Waals surface area (Å²) in [5.41, 5.74) is 1.55. The quantitative estimate of drug-likeness (QED) is 0.483. The highest BCUT2D eigenvalue weighted by Gasteiger charge is 2.26. The summed E-state index contributed by atoms with van der Waals surface area (Å²) in [7, 11) is 0. The Balaban J connectivity index is 1.65. The first-order valence-electron chi connectivity index (χ1n) is 12.7. The summed E-state index contributed by atoms with van der Waals surface area (Å²) in [6, 6.07) is 16.3. The molecule has 1 heterocycles. The van der Waals surface area contributed by atoms with Crippen molar-refractivity contribution in [2.45, 2.75) is 52.0 Å². The van der Waals surface area contributed by atoms with Crippen LogP contribution in [0, 0.1) is 0 Å². The zero-order valence-corrected chi connectivity index (χ0v) is 20.7. The lowest BCUT2D eigenvalue weighted by Crippen LogP contribution is -2.50. The van der Waals surface area contributed by atoms with Gasteiger partial charge in [-0.15, -0.1) is 0 Å². The first-order chi connectivity index (χ1) is 16.6.